The molecule has 0 aliphatic carbocycles. The molecule has 1 atom stereocenters. The van der Waals surface area contributed by atoms with Crippen LogP contribution in [0.25, 0.3) is 0 Å². The molecule has 10 nitrogen and oxygen atoms in total. The summed E-state index contributed by atoms with van der Waals surface area (Å²) in [5.41, 5.74) is 6.46. The molecule has 1 saturated heterocycles. The molecule has 2 amide bonds. The van der Waals surface area contributed by atoms with E-state index in [1.54, 1.807) is 45.0 Å². The van der Waals surface area contributed by atoms with Crippen LogP contribution in [0.15, 0.2) is 33.7 Å². The van der Waals surface area contributed by atoms with Gasteiger partial charge in [0.1, 0.15) is 10.6 Å². The molecule has 1 aliphatic rings. The Bertz CT molecular complexity index is 1020. The van der Waals surface area contributed by atoms with Crippen molar-refractivity contribution in [3.05, 3.63) is 41.3 Å². The fourth-order valence-corrected chi connectivity index (χ4v) is 5.15. The second-order valence-corrected chi connectivity index (χ2v) is 9.07. The van der Waals surface area contributed by atoms with E-state index in [0.717, 1.165) is 0 Å². The van der Waals surface area contributed by atoms with Gasteiger partial charge in [0.2, 0.25) is 21.8 Å². The Labute approximate surface area is 175 Å². The number of benzene rings is 1. The van der Waals surface area contributed by atoms with Crippen molar-refractivity contribution >= 4 is 27.5 Å². The van der Waals surface area contributed by atoms with E-state index >= 15 is 0 Å². The molecule has 1 aliphatic heterocycles. The minimum atomic E-state index is -3.70. The number of nitrogens with one attached hydrogen (secondary N) is 1. The fraction of sp³-hybridized carbons (Fsp3) is 0.421. The Hall–Kier alpha value is -2.76. The lowest BCUT2D eigenvalue weighted by Gasteiger charge is -2.36. The maximum atomic E-state index is 12.9. The van der Waals surface area contributed by atoms with E-state index in [0.29, 0.717) is 30.0 Å². The SMILES string of the molecule is Cc1noc(C)c1S(=O)(=O)N1CCN(C(C)C(=O)Nc2ccc(C(N)=O)cc2)CC1. The fourth-order valence-electron chi connectivity index (χ4n) is 3.43. The number of piperazine rings is 1. The lowest BCUT2D eigenvalue weighted by Crippen LogP contribution is -2.54. The molecule has 1 unspecified atom stereocenters. The number of primary amides is 1. The molecule has 11 heteroatoms. The number of hydrogen-bond donors (Lipinski definition) is 2. The third kappa shape index (κ3) is 4.37. The van der Waals surface area contributed by atoms with Gasteiger partial charge in [-0.3, -0.25) is 14.5 Å². The van der Waals surface area contributed by atoms with E-state index in [9.17, 15) is 18.0 Å². The maximum absolute atomic E-state index is 12.9. The number of sulfonamides is 1. The normalized spacial score (nSPS) is 16.9. The summed E-state index contributed by atoms with van der Waals surface area (Å²) in [6, 6.07) is 5.85. The van der Waals surface area contributed by atoms with Crippen LogP contribution in [-0.4, -0.2) is 66.8 Å². The zero-order valence-electron chi connectivity index (χ0n) is 17.1. The van der Waals surface area contributed by atoms with Crippen LogP contribution in [0.3, 0.4) is 0 Å². The van der Waals surface area contributed by atoms with E-state index in [-0.39, 0.29) is 29.7 Å². The molecule has 3 rings (SSSR count). The zero-order valence-corrected chi connectivity index (χ0v) is 17.9. The highest BCUT2D eigenvalue weighted by atomic mass is 32.2. The topological polar surface area (TPSA) is 139 Å². The minimum absolute atomic E-state index is 0.112. The van der Waals surface area contributed by atoms with Crippen molar-refractivity contribution in [3.63, 3.8) is 0 Å². The molecule has 1 fully saturated rings. The van der Waals surface area contributed by atoms with Crippen LogP contribution in [-0.2, 0) is 14.8 Å². The summed E-state index contributed by atoms with van der Waals surface area (Å²) in [6.07, 6.45) is 0. The van der Waals surface area contributed by atoms with Gasteiger partial charge in [-0.05, 0) is 45.0 Å². The van der Waals surface area contributed by atoms with Crippen LogP contribution >= 0.6 is 0 Å². The molecular weight excluding hydrogens is 410 g/mol. The number of carbonyl (C=O) groups excluding carboxylic acids is 2. The molecule has 0 radical (unpaired) electrons. The van der Waals surface area contributed by atoms with E-state index in [1.165, 1.54) is 4.31 Å². The van der Waals surface area contributed by atoms with Crippen molar-refractivity contribution in [2.45, 2.75) is 31.7 Å². The second-order valence-electron chi connectivity index (χ2n) is 7.20. The number of rotatable bonds is 6. The van der Waals surface area contributed by atoms with Gasteiger partial charge < -0.3 is 15.6 Å². The summed E-state index contributed by atoms with van der Waals surface area (Å²) < 4.78 is 32.2. The van der Waals surface area contributed by atoms with Gasteiger partial charge in [0, 0.05) is 37.4 Å². The smallest absolute Gasteiger partial charge is 0.248 e. The van der Waals surface area contributed by atoms with Crippen molar-refractivity contribution in [2.75, 3.05) is 31.5 Å². The van der Waals surface area contributed by atoms with Gasteiger partial charge in [-0.2, -0.15) is 4.31 Å². The highest BCUT2D eigenvalue weighted by Crippen LogP contribution is 2.24. The van der Waals surface area contributed by atoms with Crippen molar-refractivity contribution in [2.24, 2.45) is 5.73 Å². The number of aromatic nitrogens is 1. The molecule has 2 aromatic rings. The predicted molar refractivity (Wildman–Crippen MR) is 109 cm³/mol. The molecule has 1 aromatic heterocycles. The standard InChI is InChI=1S/C19H25N5O5S/c1-12-17(14(3)29-22-12)30(27,28)24-10-8-23(9-11-24)13(2)19(26)21-16-6-4-15(5-7-16)18(20)25/h4-7,13H,8-11H2,1-3H3,(H2,20,25)(H,21,26). The molecule has 0 spiro atoms. The van der Waals surface area contributed by atoms with Crippen LogP contribution in [0.2, 0.25) is 0 Å². The van der Waals surface area contributed by atoms with E-state index in [2.05, 4.69) is 10.5 Å². The van der Waals surface area contributed by atoms with Gasteiger partial charge in [0.25, 0.3) is 0 Å². The van der Waals surface area contributed by atoms with Gasteiger partial charge >= 0.3 is 0 Å². The molecule has 3 N–H and O–H groups in total. The van der Waals surface area contributed by atoms with Gasteiger partial charge in [0.05, 0.1) is 6.04 Å². The van der Waals surface area contributed by atoms with Gasteiger partial charge in [0.15, 0.2) is 5.76 Å². The molecule has 162 valence electrons. The van der Waals surface area contributed by atoms with Gasteiger partial charge in [-0.15, -0.1) is 0 Å². The molecule has 0 bridgehead atoms. The Kier molecular flexibility index (Phi) is 6.25. The first-order chi connectivity index (χ1) is 14.1. The van der Waals surface area contributed by atoms with E-state index < -0.39 is 22.0 Å². The number of nitrogens with zero attached hydrogens (tertiary/aromatic N) is 3. The number of hydrogen-bond acceptors (Lipinski definition) is 7. The summed E-state index contributed by atoms with van der Waals surface area (Å²) >= 11 is 0. The summed E-state index contributed by atoms with van der Waals surface area (Å²) in [6.45, 7) is 6.29. The van der Waals surface area contributed by atoms with Crippen LogP contribution in [0.4, 0.5) is 5.69 Å². The van der Waals surface area contributed by atoms with Crippen molar-refractivity contribution in [1.29, 1.82) is 0 Å². The Morgan fingerprint density at radius 3 is 2.23 bits per heavy atom. The Morgan fingerprint density at radius 1 is 1.13 bits per heavy atom. The summed E-state index contributed by atoms with van der Waals surface area (Å²) in [5.74, 6) is -0.487. The Balaban J connectivity index is 1.60. The molecular formula is C19H25N5O5S. The van der Waals surface area contributed by atoms with Crippen molar-refractivity contribution < 1.29 is 22.5 Å². The third-order valence-corrected chi connectivity index (χ3v) is 7.35. The first kappa shape index (κ1) is 21.9. The van der Waals surface area contributed by atoms with Gasteiger partial charge in [-0.1, -0.05) is 5.16 Å². The number of nitrogens with two attached hydrogens (primary N) is 1. The van der Waals surface area contributed by atoms with Crippen LogP contribution in [0.5, 0.6) is 0 Å². The predicted octanol–water partition coefficient (Wildman–Crippen LogP) is 0.724. The molecule has 30 heavy (non-hydrogen) atoms. The second kappa shape index (κ2) is 8.54. The largest absolute Gasteiger partial charge is 0.366 e. The average Bonchev–Trinajstić information content (AvgIpc) is 3.06. The molecule has 0 saturated carbocycles. The van der Waals surface area contributed by atoms with Gasteiger partial charge in [-0.25, -0.2) is 8.42 Å². The number of amides is 2. The van der Waals surface area contributed by atoms with Crippen molar-refractivity contribution in [1.82, 2.24) is 14.4 Å². The first-order valence-electron chi connectivity index (χ1n) is 9.49. The highest BCUT2D eigenvalue weighted by Gasteiger charge is 2.35. The summed E-state index contributed by atoms with van der Waals surface area (Å²) in [4.78, 5) is 25.8. The zero-order chi connectivity index (χ0) is 22.1. The number of anilines is 1. The molecule has 1 aromatic carbocycles. The lowest BCUT2D eigenvalue weighted by atomic mass is 10.2. The maximum Gasteiger partial charge on any atom is 0.248 e. The van der Waals surface area contributed by atoms with Crippen LogP contribution in [0.1, 0.15) is 28.7 Å². The monoisotopic (exact) mass is 435 g/mol. The van der Waals surface area contributed by atoms with Crippen molar-refractivity contribution in [3.8, 4) is 0 Å². The summed E-state index contributed by atoms with van der Waals surface area (Å²) in [7, 11) is -3.70. The van der Waals surface area contributed by atoms with E-state index in [4.69, 9.17) is 10.3 Å². The third-order valence-electron chi connectivity index (χ3n) is 5.20. The first-order valence-corrected chi connectivity index (χ1v) is 10.9. The minimum Gasteiger partial charge on any atom is -0.366 e. The molecule has 2 heterocycles. The van der Waals surface area contributed by atoms with Crippen LogP contribution < -0.4 is 11.1 Å². The Morgan fingerprint density at radius 2 is 1.73 bits per heavy atom. The summed E-state index contributed by atoms with van der Waals surface area (Å²) in [5, 5.41) is 6.53. The quantitative estimate of drug-likeness (QED) is 0.682. The number of carbonyl (C=O) groups is 2. The highest BCUT2D eigenvalue weighted by molar-refractivity contribution is 7.89. The number of aryl methyl sites for hydroxylation is 2. The average molecular weight is 436 g/mol. The lowest BCUT2D eigenvalue weighted by molar-refractivity contribution is -0.121. The van der Waals surface area contributed by atoms with E-state index in [1.807, 2.05) is 4.90 Å². The van der Waals surface area contributed by atoms with Crippen LogP contribution in [0, 0.1) is 13.8 Å².